The van der Waals surface area contributed by atoms with Crippen LogP contribution in [-0.4, -0.2) is 41.5 Å². The molecule has 8 nitrogen and oxygen atoms in total. The van der Waals surface area contributed by atoms with Crippen LogP contribution in [0, 0.1) is 0 Å². The van der Waals surface area contributed by atoms with Gasteiger partial charge in [-0.2, -0.15) is 0 Å². The van der Waals surface area contributed by atoms with Gasteiger partial charge in [-0.15, -0.1) is 0 Å². The summed E-state index contributed by atoms with van der Waals surface area (Å²) >= 11 is 0. The van der Waals surface area contributed by atoms with Gasteiger partial charge in [0.05, 0.1) is 6.04 Å². The van der Waals surface area contributed by atoms with Crippen molar-refractivity contribution in [3.05, 3.63) is 96.1 Å². The van der Waals surface area contributed by atoms with E-state index < -0.39 is 17.6 Å². The van der Waals surface area contributed by atoms with Crippen molar-refractivity contribution in [2.45, 2.75) is 64.1 Å². The van der Waals surface area contributed by atoms with Crippen molar-refractivity contribution >= 4 is 29.2 Å². The average Bonchev–Trinajstić information content (AvgIpc) is 3.06. The van der Waals surface area contributed by atoms with Crippen LogP contribution in [0.1, 0.15) is 63.6 Å². The Morgan fingerprint density at radius 1 is 0.875 bits per heavy atom. The van der Waals surface area contributed by atoms with Gasteiger partial charge < -0.3 is 10.6 Å². The lowest BCUT2D eigenvalue weighted by Crippen LogP contribution is -2.59. The zero-order chi connectivity index (χ0) is 28.9. The number of urea groups is 1. The summed E-state index contributed by atoms with van der Waals surface area (Å²) in [5.74, 6) is -0.771. The van der Waals surface area contributed by atoms with Crippen molar-refractivity contribution < 1.29 is 14.4 Å². The van der Waals surface area contributed by atoms with Crippen LogP contribution in [0.4, 0.5) is 16.2 Å². The molecular formula is C32H39N5O3. The van der Waals surface area contributed by atoms with Crippen LogP contribution in [0.5, 0.6) is 0 Å². The van der Waals surface area contributed by atoms with Crippen LogP contribution in [-0.2, 0) is 9.59 Å². The molecule has 3 N–H and O–H groups in total. The molecule has 8 heteroatoms. The van der Waals surface area contributed by atoms with E-state index in [-0.39, 0.29) is 23.8 Å². The molecule has 3 atom stereocenters. The van der Waals surface area contributed by atoms with Crippen molar-refractivity contribution in [3.8, 4) is 0 Å². The van der Waals surface area contributed by atoms with Gasteiger partial charge in [0, 0.05) is 30.9 Å². The molecule has 0 bridgehead atoms. The zero-order valence-electron chi connectivity index (χ0n) is 23.8. The summed E-state index contributed by atoms with van der Waals surface area (Å²) in [5.41, 5.74) is 5.66. The van der Waals surface area contributed by atoms with Crippen LogP contribution in [0.3, 0.4) is 0 Å². The number of nitrogens with one attached hydrogen (secondary N) is 3. The third kappa shape index (κ3) is 6.81. The molecule has 0 aromatic heterocycles. The molecule has 0 saturated carbocycles. The summed E-state index contributed by atoms with van der Waals surface area (Å²) < 4.78 is 0. The Bertz CT molecular complexity index is 1320. The van der Waals surface area contributed by atoms with Gasteiger partial charge in [-0.1, -0.05) is 66.7 Å². The molecule has 0 spiro atoms. The second-order valence-corrected chi connectivity index (χ2v) is 11.2. The predicted octanol–water partition coefficient (Wildman–Crippen LogP) is 5.61. The monoisotopic (exact) mass is 541 g/mol. The first-order chi connectivity index (χ1) is 19.1. The summed E-state index contributed by atoms with van der Waals surface area (Å²) in [5, 5.41) is 7.61. The second-order valence-electron chi connectivity index (χ2n) is 11.2. The first kappa shape index (κ1) is 28.7. The molecule has 3 aromatic rings. The molecule has 1 saturated heterocycles. The molecule has 40 heavy (non-hydrogen) atoms. The number of benzene rings is 3. The van der Waals surface area contributed by atoms with E-state index in [1.165, 1.54) is 11.9 Å². The topological polar surface area (TPSA) is 93.8 Å². The maximum atomic E-state index is 14.6. The Balaban J connectivity index is 1.89. The smallest absolute Gasteiger partial charge is 0.323 e. The molecule has 1 fully saturated rings. The fourth-order valence-electron chi connectivity index (χ4n) is 5.26. The number of amides is 4. The van der Waals surface area contributed by atoms with E-state index in [0.29, 0.717) is 18.5 Å². The van der Waals surface area contributed by atoms with Gasteiger partial charge in [-0.05, 0) is 68.9 Å². The molecule has 1 heterocycles. The largest absolute Gasteiger partial charge is 0.388 e. The van der Waals surface area contributed by atoms with Crippen LogP contribution in [0.2, 0.25) is 0 Å². The van der Waals surface area contributed by atoms with Crippen LogP contribution < -0.4 is 21.0 Å². The van der Waals surface area contributed by atoms with E-state index in [1.807, 2.05) is 101 Å². The standard InChI is InChI=1S/C32H39N5O3/c1-22(38)35-37-28(24-15-10-7-11-16-24)19-25(23-13-8-6-9-14-23)20-29(30(37)39)36(31(40)34-32(2,3)4)27-18-12-17-26(21-27)33-5/h6-18,21,25,28-29,33H,19-20H2,1-5H3,(H,34,40)(H,35,38). The number of nitrogens with zero attached hydrogens (tertiary/aromatic N) is 2. The third-order valence-electron chi connectivity index (χ3n) is 7.01. The highest BCUT2D eigenvalue weighted by Crippen LogP contribution is 2.40. The van der Waals surface area contributed by atoms with Gasteiger partial charge in [-0.3, -0.25) is 19.9 Å². The molecule has 210 valence electrons. The Hall–Kier alpha value is -4.33. The van der Waals surface area contributed by atoms with Gasteiger partial charge in [0.2, 0.25) is 5.91 Å². The Morgan fingerprint density at radius 3 is 2.08 bits per heavy atom. The van der Waals surface area contributed by atoms with Gasteiger partial charge in [0.25, 0.3) is 5.91 Å². The number of anilines is 2. The van der Waals surface area contributed by atoms with Crippen LogP contribution in [0.15, 0.2) is 84.9 Å². The number of hydrazine groups is 1. The minimum atomic E-state index is -0.889. The van der Waals surface area contributed by atoms with Gasteiger partial charge in [-0.25, -0.2) is 9.80 Å². The molecule has 1 aliphatic heterocycles. The normalized spacial score (nSPS) is 19.4. The van der Waals surface area contributed by atoms with Gasteiger partial charge in [0.15, 0.2) is 0 Å². The highest BCUT2D eigenvalue weighted by atomic mass is 16.2. The second kappa shape index (κ2) is 12.2. The van der Waals surface area contributed by atoms with E-state index >= 15 is 0 Å². The van der Waals surface area contributed by atoms with Crippen molar-refractivity contribution in [1.82, 2.24) is 15.8 Å². The minimum Gasteiger partial charge on any atom is -0.388 e. The molecule has 3 aromatic carbocycles. The summed E-state index contributed by atoms with van der Waals surface area (Å²) in [6.45, 7) is 7.11. The molecule has 0 radical (unpaired) electrons. The average molecular weight is 542 g/mol. The third-order valence-corrected chi connectivity index (χ3v) is 7.01. The summed E-state index contributed by atoms with van der Waals surface area (Å²) in [6, 6.07) is 25.5. The summed E-state index contributed by atoms with van der Waals surface area (Å²) in [6.07, 6.45) is 0.950. The number of hydrogen-bond donors (Lipinski definition) is 3. The first-order valence-electron chi connectivity index (χ1n) is 13.7. The van der Waals surface area contributed by atoms with Crippen molar-refractivity contribution in [1.29, 1.82) is 0 Å². The SMILES string of the molecule is CNc1cccc(N(C(=O)NC(C)(C)C)C2CC(c3ccccc3)CC(c3ccccc3)N(NC(C)=O)C2=O)c1. The Morgan fingerprint density at radius 2 is 1.50 bits per heavy atom. The maximum Gasteiger partial charge on any atom is 0.323 e. The molecular weight excluding hydrogens is 502 g/mol. The molecule has 3 unspecified atom stereocenters. The van der Waals surface area contributed by atoms with Crippen LogP contribution in [0.25, 0.3) is 0 Å². The Kier molecular flexibility index (Phi) is 8.77. The fraction of sp³-hybridized carbons (Fsp3) is 0.344. The lowest BCUT2D eigenvalue weighted by molar-refractivity contribution is -0.144. The summed E-state index contributed by atoms with van der Waals surface area (Å²) in [4.78, 5) is 42.5. The van der Waals surface area contributed by atoms with E-state index in [9.17, 15) is 14.4 Å². The van der Waals surface area contributed by atoms with Gasteiger partial charge in [0.1, 0.15) is 6.04 Å². The predicted molar refractivity (Wildman–Crippen MR) is 159 cm³/mol. The number of rotatable bonds is 6. The summed E-state index contributed by atoms with van der Waals surface area (Å²) in [7, 11) is 1.81. The van der Waals surface area contributed by atoms with Crippen molar-refractivity contribution in [2.75, 3.05) is 17.3 Å². The van der Waals surface area contributed by atoms with E-state index in [4.69, 9.17) is 0 Å². The lowest BCUT2D eigenvalue weighted by atomic mass is 9.86. The first-order valence-corrected chi connectivity index (χ1v) is 13.7. The van der Waals surface area contributed by atoms with E-state index in [0.717, 1.165) is 16.8 Å². The quantitative estimate of drug-likeness (QED) is 0.378. The van der Waals surface area contributed by atoms with Gasteiger partial charge >= 0.3 is 6.03 Å². The van der Waals surface area contributed by atoms with E-state index in [1.54, 1.807) is 4.90 Å². The van der Waals surface area contributed by atoms with Crippen molar-refractivity contribution in [2.24, 2.45) is 0 Å². The number of carbonyl (C=O) groups excluding carboxylic acids is 3. The molecule has 4 amide bonds. The number of hydrogen-bond acceptors (Lipinski definition) is 4. The van der Waals surface area contributed by atoms with E-state index in [2.05, 4.69) is 28.2 Å². The zero-order valence-corrected chi connectivity index (χ0v) is 23.8. The molecule has 0 aliphatic carbocycles. The minimum absolute atomic E-state index is 0.0727. The maximum absolute atomic E-state index is 14.6. The van der Waals surface area contributed by atoms with Crippen molar-refractivity contribution in [3.63, 3.8) is 0 Å². The lowest BCUT2D eigenvalue weighted by Gasteiger charge is -2.37. The molecule has 4 rings (SSSR count). The number of carbonyl (C=O) groups is 3. The molecule has 1 aliphatic rings. The highest BCUT2D eigenvalue weighted by Gasteiger charge is 2.44. The highest BCUT2D eigenvalue weighted by molar-refractivity contribution is 6.01. The van der Waals surface area contributed by atoms with Crippen LogP contribution >= 0.6 is 0 Å². The fourth-order valence-corrected chi connectivity index (χ4v) is 5.26. The Labute approximate surface area is 236 Å².